The molecule has 1 N–H and O–H groups in total. The highest BCUT2D eigenvalue weighted by Crippen LogP contribution is 2.29. The van der Waals surface area contributed by atoms with Crippen molar-refractivity contribution in [2.24, 2.45) is 0 Å². The molecule has 0 aliphatic heterocycles. The highest BCUT2D eigenvalue weighted by atomic mass is 79.9. The maximum Gasteiger partial charge on any atom is 0.143 e. The van der Waals surface area contributed by atoms with Crippen LogP contribution in [0.1, 0.15) is 24.8 Å². The molecule has 0 bridgehead atoms. The van der Waals surface area contributed by atoms with Crippen LogP contribution in [0.5, 0.6) is 0 Å². The van der Waals surface area contributed by atoms with E-state index in [1.54, 1.807) is 0 Å². The van der Waals surface area contributed by atoms with Gasteiger partial charge in [-0.15, -0.1) is 0 Å². The first-order valence-electron chi connectivity index (χ1n) is 4.86. The molecule has 0 saturated carbocycles. The van der Waals surface area contributed by atoms with Crippen molar-refractivity contribution >= 4 is 15.9 Å². The fourth-order valence-corrected chi connectivity index (χ4v) is 1.85. The van der Waals surface area contributed by atoms with Crippen molar-refractivity contribution < 1.29 is 8.78 Å². The van der Waals surface area contributed by atoms with Crippen molar-refractivity contribution in [1.82, 2.24) is 5.32 Å². The fourth-order valence-electron chi connectivity index (χ4n) is 1.50. The lowest BCUT2D eigenvalue weighted by Crippen LogP contribution is -2.12. The first kappa shape index (κ1) is 12.6. The minimum Gasteiger partial charge on any atom is -0.320 e. The summed E-state index contributed by atoms with van der Waals surface area (Å²) >= 11 is 3.06. The normalized spacial score (nSPS) is 12.9. The molecule has 0 spiro atoms. The Labute approximate surface area is 97.0 Å². The second-order valence-corrected chi connectivity index (χ2v) is 4.40. The van der Waals surface area contributed by atoms with E-state index in [1.807, 2.05) is 14.0 Å². The molecule has 0 fully saturated rings. The quantitative estimate of drug-likeness (QED) is 0.832. The summed E-state index contributed by atoms with van der Waals surface area (Å²) in [5, 5.41) is 2.97. The van der Waals surface area contributed by atoms with Gasteiger partial charge in [-0.25, -0.2) is 8.78 Å². The van der Waals surface area contributed by atoms with E-state index in [4.69, 9.17) is 0 Å². The number of nitrogens with one attached hydrogen (secondary N) is 1. The van der Waals surface area contributed by atoms with Crippen molar-refractivity contribution in [2.45, 2.75) is 19.3 Å². The summed E-state index contributed by atoms with van der Waals surface area (Å²) in [5.41, 5.74) is 0.166. The van der Waals surface area contributed by atoms with Crippen molar-refractivity contribution in [1.29, 1.82) is 0 Å². The average molecular weight is 278 g/mol. The molecule has 1 aromatic rings. The predicted molar refractivity (Wildman–Crippen MR) is 61.0 cm³/mol. The van der Waals surface area contributed by atoms with E-state index in [0.717, 1.165) is 6.54 Å². The molecule has 1 atom stereocenters. The zero-order valence-corrected chi connectivity index (χ0v) is 10.4. The van der Waals surface area contributed by atoms with Crippen molar-refractivity contribution in [3.63, 3.8) is 0 Å². The minimum atomic E-state index is -0.487. The predicted octanol–water partition coefficient (Wildman–Crippen LogP) is 3.44. The summed E-state index contributed by atoms with van der Waals surface area (Å²) in [4.78, 5) is 0. The molecule has 0 saturated heterocycles. The van der Waals surface area contributed by atoms with Gasteiger partial charge in [0.1, 0.15) is 11.6 Å². The molecule has 1 nitrogen and oxygen atoms in total. The third-order valence-electron chi connectivity index (χ3n) is 2.40. The molecule has 0 aromatic heterocycles. The molecule has 1 rings (SSSR count). The van der Waals surface area contributed by atoms with Gasteiger partial charge >= 0.3 is 0 Å². The summed E-state index contributed by atoms with van der Waals surface area (Å²) in [7, 11) is 1.82. The highest BCUT2D eigenvalue weighted by Gasteiger charge is 2.17. The Morgan fingerprint density at radius 2 is 2.07 bits per heavy atom. The topological polar surface area (TPSA) is 12.0 Å². The van der Waals surface area contributed by atoms with Crippen LogP contribution < -0.4 is 5.32 Å². The SMILES string of the molecule is CNCCC(C)c1c(F)ccc(Br)c1F. The first-order chi connectivity index (χ1) is 7.07. The number of halogens is 3. The largest absolute Gasteiger partial charge is 0.320 e. The van der Waals surface area contributed by atoms with Crippen LogP contribution in [0.2, 0.25) is 0 Å². The van der Waals surface area contributed by atoms with Gasteiger partial charge in [-0.05, 0) is 54.0 Å². The highest BCUT2D eigenvalue weighted by molar-refractivity contribution is 9.10. The summed E-state index contributed by atoms with van der Waals surface area (Å²) in [6, 6.07) is 2.68. The molecule has 1 aromatic carbocycles. The number of benzene rings is 1. The molecule has 0 aliphatic carbocycles. The molecule has 84 valence electrons. The number of rotatable bonds is 4. The Balaban J connectivity index is 2.96. The van der Waals surface area contributed by atoms with Crippen LogP contribution in [-0.2, 0) is 0 Å². The minimum absolute atomic E-state index is 0.130. The zero-order chi connectivity index (χ0) is 11.4. The van der Waals surface area contributed by atoms with Gasteiger partial charge in [0.25, 0.3) is 0 Å². The maximum absolute atomic E-state index is 13.6. The molecular formula is C11H14BrF2N. The van der Waals surface area contributed by atoms with E-state index >= 15 is 0 Å². The van der Waals surface area contributed by atoms with Gasteiger partial charge in [0, 0.05) is 5.56 Å². The molecule has 0 radical (unpaired) electrons. The standard InChI is InChI=1S/C11H14BrF2N/c1-7(5-6-15-2)10-9(13)4-3-8(12)11(10)14/h3-4,7,15H,5-6H2,1-2H3. The Morgan fingerprint density at radius 3 is 2.67 bits per heavy atom. The van der Waals surface area contributed by atoms with Gasteiger partial charge in [0.05, 0.1) is 4.47 Å². The van der Waals surface area contributed by atoms with Crippen molar-refractivity contribution in [3.8, 4) is 0 Å². The summed E-state index contributed by atoms with van der Waals surface area (Å²) in [6.45, 7) is 2.57. The molecule has 15 heavy (non-hydrogen) atoms. The lowest BCUT2D eigenvalue weighted by molar-refractivity contribution is 0.513. The van der Waals surface area contributed by atoms with Crippen LogP contribution in [0.4, 0.5) is 8.78 Å². The Bertz CT molecular complexity index is 342. The van der Waals surface area contributed by atoms with E-state index < -0.39 is 11.6 Å². The third kappa shape index (κ3) is 2.98. The number of hydrogen-bond donors (Lipinski definition) is 1. The van der Waals surface area contributed by atoms with E-state index in [9.17, 15) is 8.78 Å². The third-order valence-corrected chi connectivity index (χ3v) is 3.01. The smallest absolute Gasteiger partial charge is 0.143 e. The summed E-state index contributed by atoms with van der Waals surface area (Å²) < 4.78 is 27.4. The van der Waals surface area contributed by atoms with Crippen molar-refractivity contribution in [2.75, 3.05) is 13.6 Å². The Hall–Kier alpha value is -0.480. The summed E-state index contributed by atoms with van der Waals surface area (Å²) in [6.07, 6.45) is 0.709. The zero-order valence-electron chi connectivity index (χ0n) is 8.78. The molecular weight excluding hydrogens is 264 g/mol. The molecule has 0 amide bonds. The second kappa shape index (κ2) is 5.56. The van der Waals surface area contributed by atoms with Gasteiger partial charge in [-0.2, -0.15) is 0 Å². The van der Waals surface area contributed by atoms with Gasteiger partial charge < -0.3 is 5.32 Å². The van der Waals surface area contributed by atoms with Crippen molar-refractivity contribution in [3.05, 3.63) is 33.8 Å². The molecule has 1 unspecified atom stereocenters. The van der Waals surface area contributed by atoms with Gasteiger partial charge in [0.2, 0.25) is 0 Å². The van der Waals surface area contributed by atoms with E-state index in [-0.39, 0.29) is 11.5 Å². The van der Waals surface area contributed by atoms with Crippen LogP contribution in [0.3, 0.4) is 0 Å². The van der Waals surface area contributed by atoms with Crippen LogP contribution in [-0.4, -0.2) is 13.6 Å². The van der Waals surface area contributed by atoms with Crippen LogP contribution in [0.25, 0.3) is 0 Å². The monoisotopic (exact) mass is 277 g/mol. The molecule has 4 heteroatoms. The van der Waals surface area contributed by atoms with Crippen LogP contribution in [0, 0.1) is 11.6 Å². The second-order valence-electron chi connectivity index (χ2n) is 3.55. The fraction of sp³-hybridized carbons (Fsp3) is 0.455. The lowest BCUT2D eigenvalue weighted by atomic mass is 9.96. The van der Waals surface area contributed by atoms with Gasteiger partial charge in [-0.1, -0.05) is 6.92 Å². The average Bonchev–Trinajstić information content (AvgIpc) is 2.21. The summed E-state index contributed by atoms with van der Waals surface area (Å²) in [5.74, 6) is -1.09. The van der Waals surface area contributed by atoms with Crippen LogP contribution >= 0.6 is 15.9 Å². The van der Waals surface area contributed by atoms with E-state index in [0.29, 0.717) is 10.9 Å². The Kier molecular flexibility index (Phi) is 4.67. The van der Waals surface area contributed by atoms with Gasteiger partial charge in [-0.3, -0.25) is 0 Å². The molecule has 0 heterocycles. The van der Waals surface area contributed by atoms with E-state index in [1.165, 1.54) is 12.1 Å². The first-order valence-corrected chi connectivity index (χ1v) is 5.65. The van der Waals surface area contributed by atoms with E-state index in [2.05, 4.69) is 21.2 Å². The maximum atomic E-state index is 13.6. The van der Waals surface area contributed by atoms with Crippen LogP contribution in [0.15, 0.2) is 16.6 Å². The molecule has 0 aliphatic rings. The number of hydrogen-bond acceptors (Lipinski definition) is 1. The Morgan fingerprint density at radius 1 is 1.40 bits per heavy atom. The van der Waals surface area contributed by atoms with Gasteiger partial charge in [0.15, 0.2) is 0 Å². The lowest BCUT2D eigenvalue weighted by Gasteiger charge is -2.14.